The highest BCUT2D eigenvalue weighted by Crippen LogP contribution is 2.31. The maximum atomic E-state index is 12.7. The number of likely N-dealkylation sites (tertiary alicyclic amines) is 1. The van der Waals surface area contributed by atoms with E-state index in [4.69, 9.17) is 25.8 Å². The van der Waals surface area contributed by atoms with Crippen molar-refractivity contribution in [3.63, 3.8) is 0 Å². The van der Waals surface area contributed by atoms with Gasteiger partial charge in [-0.25, -0.2) is 4.79 Å². The first-order chi connectivity index (χ1) is 13.3. The van der Waals surface area contributed by atoms with Gasteiger partial charge in [0.25, 0.3) is 0 Å². The summed E-state index contributed by atoms with van der Waals surface area (Å²) in [6.07, 6.45) is 3.58. The number of carbonyl (C=O) groups excluding carboxylic acids is 1. The van der Waals surface area contributed by atoms with Crippen molar-refractivity contribution >= 4 is 28.5 Å². The number of halogens is 1. The Kier molecular flexibility index (Phi) is 6.25. The minimum Gasteiger partial charge on any atom is -0.497 e. The van der Waals surface area contributed by atoms with Gasteiger partial charge >= 0.3 is 12.0 Å². The molecule has 1 aliphatic heterocycles. The van der Waals surface area contributed by atoms with Crippen molar-refractivity contribution in [1.29, 1.82) is 0 Å². The van der Waals surface area contributed by atoms with Crippen molar-refractivity contribution in [3.05, 3.63) is 22.8 Å². The van der Waals surface area contributed by atoms with Crippen LogP contribution in [0.3, 0.4) is 0 Å². The molecule has 0 amide bonds. The van der Waals surface area contributed by atoms with Crippen LogP contribution in [-0.2, 0) is 4.74 Å². The highest BCUT2D eigenvalue weighted by molar-refractivity contribution is 6.35. The fraction of sp³-hybridized carbons (Fsp3) is 0.550. The van der Waals surface area contributed by atoms with Gasteiger partial charge in [-0.2, -0.15) is 9.97 Å². The Labute approximate surface area is 169 Å². The number of aromatic nitrogens is 2. The second kappa shape index (κ2) is 8.49. The number of fused-ring (bicyclic) bond motifs is 1. The van der Waals surface area contributed by atoms with Gasteiger partial charge in [0.15, 0.2) is 0 Å². The zero-order valence-corrected chi connectivity index (χ0v) is 17.5. The Morgan fingerprint density at radius 2 is 1.89 bits per heavy atom. The molecule has 0 unspecified atom stereocenters. The molecule has 152 valence electrons. The predicted molar refractivity (Wildman–Crippen MR) is 107 cm³/mol. The summed E-state index contributed by atoms with van der Waals surface area (Å²) in [7, 11) is 1.52. The Balaban J connectivity index is 1.93. The van der Waals surface area contributed by atoms with Gasteiger partial charge < -0.3 is 14.2 Å². The normalized spacial score (nSPS) is 15.5. The topological polar surface area (TPSA) is 73.8 Å². The van der Waals surface area contributed by atoms with E-state index in [9.17, 15) is 4.79 Å². The third kappa shape index (κ3) is 5.02. The minimum absolute atomic E-state index is 0.141. The first kappa shape index (κ1) is 20.6. The third-order valence-corrected chi connectivity index (χ3v) is 4.66. The molecular weight excluding hydrogens is 382 g/mol. The summed E-state index contributed by atoms with van der Waals surface area (Å²) < 4.78 is 16.6. The molecule has 0 bridgehead atoms. The largest absolute Gasteiger partial charge is 0.497 e. The van der Waals surface area contributed by atoms with Crippen LogP contribution in [0.4, 0.5) is 0 Å². The average molecular weight is 408 g/mol. The van der Waals surface area contributed by atoms with Crippen molar-refractivity contribution in [2.24, 2.45) is 0 Å². The summed E-state index contributed by atoms with van der Waals surface area (Å²) in [6, 6.07) is 3.45. The smallest absolute Gasteiger partial charge is 0.339 e. The van der Waals surface area contributed by atoms with Crippen molar-refractivity contribution in [2.75, 3.05) is 26.9 Å². The first-order valence-corrected chi connectivity index (χ1v) is 9.78. The molecule has 28 heavy (non-hydrogen) atoms. The van der Waals surface area contributed by atoms with Crippen LogP contribution >= 0.6 is 11.6 Å². The van der Waals surface area contributed by atoms with Crippen LogP contribution in [0.2, 0.25) is 5.15 Å². The van der Waals surface area contributed by atoms with Crippen molar-refractivity contribution in [2.45, 2.75) is 45.6 Å². The van der Waals surface area contributed by atoms with E-state index >= 15 is 0 Å². The molecular formula is C20H26ClN3O4. The number of nitrogens with zero attached hydrogens (tertiary/aromatic N) is 3. The number of benzene rings is 1. The van der Waals surface area contributed by atoms with E-state index in [2.05, 4.69) is 14.9 Å². The zero-order chi connectivity index (χ0) is 20.3. The molecule has 8 heteroatoms. The number of ether oxygens (including phenoxy) is 3. The highest BCUT2D eigenvalue weighted by atomic mass is 35.5. The molecule has 7 nitrogen and oxygen atoms in total. The van der Waals surface area contributed by atoms with Gasteiger partial charge in [0.05, 0.1) is 23.6 Å². The van der Waals surface area contributed by atoms with Gasteiger partial charge in [-0.05, 0) is 39.7 Å². The summed E-state index contributed by atoms with van der Waals surface area (Å²) >= 11 is 6.41. The molecule has 1 aliphatic rings. The fourth-order valence-corrected chi connectivity index (χ4v) is 3.36. The van der Waals surface area contributed by atoms with Gasteiger partial charge in [-0.1, -0.05) is 18.0 Å². The van der Waals surface area contributed by atoms with Crippen molar-refractivity contribution in [3.8, 4) is 11.8 Å². The van der Waals surface area contributed by atoms with Crippen molar-refractivity contribution < 1.29 is 19.0 Å². The standard InChI is InChI=1S/C20H26ClN3O4/c1-20(2,3)28-18(25)14-10-13(26-4)11-15-16(14)17(21)23-19(22-15)27-12-24-8-6-5-7-9-24/h10-11H,5-9,12H2,1-4H3. The quantitative estimate of drug-likeness (QED) is 0.546. The average Bonchev–Trinajstić information content (AvgIpc) is 2.64. The lowest BCUT2D eigenvalue weighted by atomic mass is 10.1. The van der Waals surface area contributed by atoms with E-state index in [-0.39, 0.29) is 16.7 Å². The molecule has 0 aliphatic carbocycles. The van der Waals surface area contributed by atoms with Crippen LogP contribution in [0, 0.1) is 0 Å². The molecule has 3 rings (SSSR count). The second-order valence-electron chi connectivity index (χ2n) is 7.82. The molecule has 1 saturated heterocycles. The molecule has 0 spiro atoms. The van der Waals surface area contributed by atoms with Crippen molar-refractivity contribution in [1.82, 2.24) is 14.9 Å². The number of hydrogen-bond acceptors (Lipinski definition) is 7. The maximum Gasteiger partial charge on any atom is 0.339 e. The number of hydrogen-bond donors (Lipinski definition) is 0. The number of rotatable bonds is 5. The van der Waals surface area contributed by atoms with E-state index in [1.807, 2.05) is 0 Å². The molecule has 1 aromatic heterocycles. The number of piperidine rings is 1. The van der Waals surface area contributed by atoms with Crippen LogP contribution in [0.15, 0.2) is 12.1 Å². The second-order valence-corrected chi connectivity index (χ2v) is 8.18. The zero-order valence-electron chi connectivity index (χ0n) is 16.7. The summed E-state index contributed by atoms with van der Waals surface area (Å²) in [4.78, 5) is 23.6. The summed E-state index contributed by atoms with van der Waals surface area (Å²) in [5, 5.41) is 0.559. The molecule has 2 heterocycles. The van der Waals surface area contributed by atoms with Crippen LogP contribution < -0.4 is 9.47 Å². The van der Waals surface area contributed by atoms with Gasteiger partial charge in [0.2, 0.25) is 0 Å². The number of methoxy groups -OCH3 is 1. The van der Waals surface area contributed by atoms with E-state index in [0.717, 1.165) is 13.1 Å². The fourth-order valence-electron chi connectivity index (χ4n) is 3.09. The monoisotopic (exact) mass is 407 g/mol. The lowest BCUT2D eigenvalue weighted by Gasteiger charge is -2.25. The van der Waals surface area contributed by atoms with Crippen LogP contribution in [0.25, 0.3) is 10.9 Å². The number of esters is 1. The van der Waals surface area contributed by atoms with Crippen LogP contribution in [0.5, 0.6) is 11.8 Å². The molecule has 0 atom stereocenters. The van der Waals surface area contributed by atoms with E-state index < -0.39 is 11.6 Å². The SMILES string of the molecule is COc1cc(C(=O)OC(C)(C)C)c2c(Cl)nc(OCN3CCCCC3)nc2c1. The first-order valence-electron chi connectivity index (χ1n) is 9.40. The lowest BCUT2D eigenvalue weighted by molar-refractivity contribution is 0.00714. The van der Waals surface area contributed by atoms with Gasteiger partial charge in [-0.3, -0.25) is 4.90 Å². The Morgan fingerprint density at radius 1 is 1.18 bits per heavy atom. The Hall–Kier alpha value is -2.12. The molecule has 2 aromatic rings. The van der Waals surface area contributed by atoms with Crippen LogP contribution in [-0.4, -0.2) is 53.4 Å². The van der Waals surface area contributed by atoms with E-state index in [0.29, 0.717) is 23.4 Å². The molecule has 1 aromatic carbocycles. The Bertz CT molecular complexity index is 861. The highest BCUT2D eigenvalue weighted by Gasteiger charge is 2.23. The molecule has 1 fully saturated rings. The van der Waals surface area contributed by atoms with E-state index in [1.54, 1.807) is 32.9 Å². The van der Waals surface area contributed by atoms with E-state index in [1.165, 1.54) is 26.4 Å². The summed E-state index contributed by atoms with van der Waals surface area (Å²) in [5.41, 5.74) is 0.0860. The summed E-state index contributed by atoms with van der Waals surface area (Å²) in [6.45, 7) is 7.81. The van der Waals surface area contributed by atoms with Gasteiger partial charge in [0, 0.05) is 19.2 Å². The minimum atomic E-state index is -0.642. The third-order valence-electron chi connectivity index (χ3n) is 4.39. The molecule has 0 saturated carbocycles. The maximum absolute atomic E-state index is 12.7. The Morgan fingerprint density at radius 3 is 2.54 bits per heavy atom. The van der Waals surface area contributed by atoms with Crippen LogP contribution in [0.1, 0.15) is 50.4 Å². The number of carbonyl (C=O) groups is 1. The predicted octanol–water partition coefficient (Wildman–Crippen LogP) is 4.07. The molecule has 0 N–H and O–H groups in total. The van der Waals surface area contributed by atoms with Gasteiger partial charge in [0.1, 0.15) is 23.2 Å². The lowest BCUT2D eigenvalue weighted by Crippen LogP contribution is -2.33. The molecule has 0 radical (unpaired) electrons. The summed E-state index contributed by atoms with van der Waals surface area (Å²) in [5.74, 6) is -0.0333. The van der Waals surface area contributed by atoms with Gasteiger partial charge in [-0.15, -0.1) is 0 Å².